The van der Waals surface area contributed by atoms with Crippen molar-refractivity contribution in [1.29, 1.82) is 0 Å². The third kappa shape index (κ3) is 10.3. The molecule has 0 N–H and O–H groups in total. The van der Waals surface area contributed by atoms with Crippen LogP contribution in [0.1, 0.15) is 66.2 Å². The molecule has 0 heterocycles. The van der Waals surface area contributed by atoms with Crippen LogP contribution in [0.3, 0.4) is 0 Å². The van der Waals surface area contributed by atoms with Crippen LogP contribution in [0.4, 0.5) is 0 Å². The Morgan fingerprint density at radius 1 is 0.773 bits per heavy atom. The van der Waals surface area contributed by atoms with E-state index in [1.165, 1.54) is 0 Å². The number of hydrogen-bond donors (Lipinski definition) is 0. The fraction of sp³-hybridized carbons (Fsp3) is 0.600. The molecule has 0 rings (SSSR count). The van der Waals surface area contributed by atoms with Crippen molar-refractivity contribution in [1.82, 2.24) is 0 Å². The molecular weight excluding hydrogens is 272 g/mol. The molecule has 2 nitrogen and oxygen atoms in total. The molecule has 0 aromatic rings. The third-order valence-corrected chi connectivity index (χ3v) is 3.84. The van der Waals surface area contributed by atoms with Crippen molar-refractivity contribution in [2.45, 2.75) is 66.2 Å². The van der Waals surface area contributed by atoms with Gasteiger partial charge in [-0.15, -0.1) is 13.2 Å². The molecule has 0 bridgehead atoms. The molecule has 0 saturated carbocycles. The fourth-order valence-corrected chi connectivity index (χ4v) is 2.03. The van der Waals surface area contributed by atoms with Crippen LogP contribution in [0.2, 0.25) is 0 Å². The van der Waals surface area contributed by atoms with Crippen molar-refractivity contribution in [2.75, 3.05) is 0 Å². The van der Waals surface area contributed by atoms with E-state index in [0.29, 0.717) is 24.4 Å². The van der Waals surface area contributed by atoms with Crippen molar-refractivity contribution in [3.63, 3.8) is 0 Å². The van der Waals surface area contributed by atoms with Crippen molar-refractivity contribution < 1.29 is 9.59 Å². The summed E-state index contributed by atoms with van der Waals surface area (Å²) in [6, 6.07) is 0. The van der Waals surface area contributed by atoms with Crippen LogP contribution in [-0.2, 0) is 9.59 Å². The summed E-state index contributed by atoms with van der Waals surface area (Å²) in [5.41, 5.74) is 2.11. The van der Waals surface area contributed by atoms with Crippen LogP contribution in [0, 0.1) is 11.8 Å². The molecular formula is C20H32O2. The minimum Gasteiger partial charge on any atom is -0.299 e. The van der Waals surface area contributed by atoms with Crippen molar-refractivity contribution in [3.05, 3.63) is 36.5 Å². The zero-order valence-electron chi connectivity index (χ0n) is 14.8. The first-order chi connectivity index (χ1) is 10.2. The van der Waals surface area contributed by atoms with Gasteiger partial charge >= 0.3 is 0 Å². The molecule has 2 atom stereocenters. The van der Waals surface area contributed by atoms with Crippen molar-refractivity contribution >= 4 is 11.6 Å². The van der Waals surface area contributed by atoms with E-state index in [1.807, 2.05) is 39.8 Å². The lowest BCUT2D eigenvalue weighted by Crippen LogP contribution is -2.11. The number of ketones is 2. The van der Waals surface area contributed by atoms with Crippen LogP contribution < -0.4 is 0 Å². The Hall–Kier alpha value is -1.44. The Morgan fingerprint density at radius 2 is 1.09 bits per heavy atom. The minimum absolute atomic E-state index is 0.0463. The molecule has 0 radical (unpaired) electrons. The van der Waals surface area contributed by atoms with Gasteiger partial charge in [-0.05, 0) is 39.5 Å². The first-order valence-corrected chi connectivity index (χ1v) is 8.23. The van der Waals surface area contributed by atoms with Crippen LogP contribution in [0.15, 0.2) is 36.5 Å². The molecule has 0 aliphatic carbocycles. The van der Waals surface area contributed by atoms with Crippen molar-refractivity contribution in [3.8, 4) is 0 Å². The second kappa shape index (κ2) is 11.2. The van der Waals surface area contributed by atoms with E-state index in [4.69, 9.17) is 0 Å². The molecule has 0 aromatic heterocycles. The molecule has 0 fully saturated rings. The number of allylic oxidation sites excluding steroid dienone is 4. The summed E-state index contributed by atoms with van der Waals surface area (Å²) in [5.74, 6) is 0.673. The summed E-state index contributed by atoms with van der Waals surface area (Å²) in [6.07, 6.45) is 8.30. The summed E-state index contributed by atoms with van der Waals surface area (Å²) in [4.78, 5) is 23.8. The van der Waals surface area contributed by atoms with E-state index < -0.39 is 0 Å². The van der Waals surface area contributed by atoms with E-state index in [2.05, 4.69) is 13.2 Å². The Labute approximate surface area is 136 Å². The lowest BCUT2D eigenvalue weighted by molar-refractivity contribution is -0.123. The van der Waals surface area contributed by atoms with Gasteiger partial charge in [-0.25, -0.2) is 0 Å². The monoisotopic (exact) mass is 304 g/mol. The van der Waals surface area contributed by atoms with E-state index in [-0.39, 0.29) is 11.8 Å². The quantitative estimate of drug-likeness (QED) is 0.449. The SMILES string of the molecule is C=C(C)CCC(=O)C(C)C/C=C/CC(C)C(=O)CCC(=C)C. The van der Waals surface area contributed by atoms with Gasteiger partial charge in [0.05, 0.1) is 0 Å². The first-order valence-electron chi connectivity index (χ1n) is 8.23. The molecule has 124 valence electrons. The van der Waals surface area contributed by atoms with E-state index in [0.717, 1.165) is 36.8 Å². The largest absolute Gasteiger partial charge is 0.299 e. The highest BCUT2D eigenvalue weighted by molar-refractivity contribution is 5.81. The molecule has 0 saturated heterocycles. The Bertz CT molecular complexity index is 389. The van der Waals surface area contributed by atoms with E-state index in [9.17, 15) is 9.59 Å². The molecule has 0 aliphatic rings. The van der Waals surface area contributed by atoms with Gasteiger partial charge in [0.2, 0.25) is 0 Å². The van der Waals surface area contributed by atoms with Gasteiger partial charge in [-0.3, -0.25) is 9.59 Å². The summed E-state index contributed by atoms with van der Waals surface area (Å²) in [7, 11) is 0. The zero-order valence-corrected chi connectivity index (χ0v) is 14.8. The normalized spacial score (nSPS) is 13.8. The maximum atomic E-state index is 11.9. The van der Waals surface area contributed by atoms with Gasteiger partial charge in [0, 0.05) is 24.7 Å². The molecule has 22 heavy (non-hydrogen) atoms. The average molecular weight is 304 g/mol. The predicted octanol–water partition coefficient (Wildman–Crippen LogP) is 5.45. The number of Topliss-reactive ketones (excluding diaryl/α,β-unsaturated/α-hetero) is 2. The van der Waals surface area contributed by atoms with Gasteiger partial charge in [0.15, 0.2) is 0 Å². The topological polar surface area (TPSA) is 34.1 Å². The standard InChI is InChI=1S/C20H32O2/c1-15(2)11-13-19(21)17(5)9-7-8-10-18(6)20(22)14-12-16(3)4/h7-8,17-18H,1,3,9-14H2,2,4-6H3/b8-7+. The zero-order chi connectivity index (χ0) is 17.1. The van der Waals surface area contributed by atoms with E-state index >= 15 is 0 Å². The Kier molecular flexibility index (Phi) is 10.4. The third-order valence-electron chi connectivity index (χ3n) is 3.84. The highest BCUT2D eigenvalue weighted by atomic mass is 16.1. The molecule has 0 aromatic carbocycles. The molecule has 0 aliphatic heterocycles. The van der Waals surface area contributed by atoms with Gasteiger partial charge < -0.3 is 0 Å². The summed E-state index contributed by atoms with van der Waals surface area (Å²) in [6.45, 7) is 15.5. The van der Waals surface area contributed by atoms with Gasteiger partial charge in [-0.1, -0.05) is 37.1 Å². The lowest BCUT2D eigenvalue weighted by Gasteiger charge is -2.09. The number of carbonyl (C=O) groups excluding carboxylic acids is 2. The van der Waals surface area contributed by atoms with Gasteiger partial charge in [0.25, 0.3) is 0 Å². The second-order valence-electron chi connectivity index (χ2n) is 6.59. The maximum absolute atomic E-state index is 11.9. The number of hydrogen-bond acceptors (Lipinski definition) is 2. The lowest BCUT2D eigenvalue weighted by atomic mass is 9.95. The van der Waals surface area contributed by atoms with Crippen LogP contribution >= 0.6 is 0 Å². The van der Waals surface area contributed by atoms with Gasteiger partial charge in [0.1, 0.15) is 11.6 Å². The van der Waals surface area contributed by atoms with Crippen LogP contribution in [-0.4, -0.2) is 11.6 Å². The average Bonchev–Trinajstić information content (AvgIpc) is 2.45. The minimum atomic E-state index is 0.0463. The first kappa shape index (κ1) is 20.6. The molecule has 0 spiro atoms. The number of rotatable bonds is 12. The predicted molar refractivity (Wildman–Crippen MR) is 94.8 cm³/mol. The summed E-state index contributed by atoms with van der Waals surface area (Å²) >= 11 is 0. The maximum Gasteiger partial charge on any atom is 0.136 e. The highest BCUT2D eigenvalue weighted by Crippen LogP contribution is 2.14. The molecule has 0 amide bonds. The summed E-state index contributed by atoms with van der Waals surface area (Å²) in [5, 5.41) is 0. The fourth-order valence-electron chi connectivity index (χ4n) is 2.03. The van der Waals surface area contributed by atoms with Crippen LogP contribution in [0.5, 0.6) is 0 Å². The Morgan fingerprint density at radius 3 is 1.36 bits per heavy atom. The highest BCUT2D eigenvalue weighted by Gasteiger charge is 2.12. The number of carbonyl (C=O) groups is 2. The second-order valence-corrected chi connectivity index (χ2v) is 6.59. The van der Waals surface area contributed by atoms with E-state index in [1.54, 1.807) is 0 Å². The molecule has 2 unspecified atom stereocenters. The van der Waals surface area contributed by atoms with Crippen molar-refractivity contribution in [2.24, 2.45) is 11.8 Å². The summed E-state index contributed by atoms with van der Waals surface area (Å²) < 4.78 is 0. The van der Waals surface area contributed by atoms with Crippen LogP contribution in [0.25, 0.3) is 0 Å². The van der Waals surface area contributed by atoms with Gasteiger partial charge in [-0.2, -0.15) is 0 Å². The molecule has 2 heteroatoms. The smallest absolute Gasteiger partial charge is 0.136 e. The Balaban J connectivity index is 4.02.